The van der Waals surface area contributed by atoms with E-state index in [1.807, 2.05) is 12.1 Å². The van der Waals surface area contributed by atoms with Crippen LogP contribution < -0.4 is 54.6 Å². The van der Waals surface area contributed by atoms with E-state index in [0.717, 1.165) is 38.6 Å². The number of nitrogens with zero attached hydrogens (tertiary/aromatic N) is 1. The molecular formula is C57H41B10N. The fourth-order valence-corrected chi connectivity index (χ4v) is 10.1. The molecule has 0 spiro atoms. The summed E-state index contributed by atoms with van der Waals surface area (Å²) in [5.74, 6) is 0. The first kappa shape index (κ1) is 47.3. The number of aromatic nitrogens is 1. The van der Waals surface area contributed by atoms with E-state index in [4.69, 9.17) is 78.5 Å². The Balaban J connectivity index is 1.49. The Labute approximate surface area is 415 Å². The van der Waals surface area contributed by atoms with Crippen molar-refractivity contribution in [3.05, 3.63) is 173 Å². The van der Waals surface area contributed by atoms with E-state index in [9.17, 15) is 0 Å². The molecule has 0 aliphatic rings. The zero-order valence-corrected chi connectivity index (χ0v) is 39.5. The molecule has 0 aliphatic heterocycles. The summed E-state index contributed by atoms with van der Waals surface area (Å²) in [5.41, 5.74) is 12.7. The fraction of sp³-hybridized carbons (Fsp3) is 0.158. The van der Waals surface area contributed by atoms with Gasteiger partial charge in [0.2, 0.25) is 0 Å². The number of hydrogen-bond acceptors (Lipinski definition) is 0. The van der Waals surface area contributed by atoms with Gasteiger partial charge >= 0.3 is 0 Å². The quantitative estimate of drug-likeness (QED) is 0.197. The van der Waals surface area contributed by atoms with Crippen molar-refractivity contribution < 1.29 is 0 Å². The molecule has 1 heterocycles. The highest BCUT2D eigenvalue weighted by atomic mass is 15.0. The average molecular weight is 848 g/mol. The molecule has 0 N–H and O–H groups in total. The van der Waals surface area contributed by atoms with Crippen LogP contribution in [-0.2, 0) is 16.2 Å². The van der Waals surface area contributed by atoms with Crippen molar-refractivity contribution in [1.29, 1.82) is 0 Å². The largest absolute Gasteiger partial charge is 0.309 e. The first-order valence-corrected chi connectivity index (χ1v) is 22.7. The van der Waals surface area contributed by atoms with E-state index in [0.29, 0.717) is 22.3 Å². The van der Waals surface area contributed by atoms with Crippen LogP contribution in [0.3, 0.4) is 0 Å². The summed E-state index contributed by atoms with van der Waals surface area (Å²) in [6.45, 7) is 13.9. The van der Waals surface area contributed by atoms with Crippen LogP contribution in [0.25, 0.3) is 49.7 Å². The molecule has 0 saturated carbocycles. The number of rotatable bonds is 9. The Bertz CT molecular complexity index is 3210. The molecule has 68 heavy (non-hydrogen) atoms. The van der Waals surface area contributed by atoms with E-state index < -0.39 is 16.2 Å². The second-order valence-corrected chi connectivity index (χ2v) is 19.6. The van der Waals surface area contributed by atoms with Gasteiger partial charge in [-0.15, -0.1) is 32.8 Å². The Morgan fingerprint density at radius 2 is 0.603 bits per heavy atom. The summed E-state index contributed by atoms with van der Waals surface area (Å²) in [7, 11) is 65.4. The van der Waals surface area contributed by atoms with Crippen molar-refractivity contribution in [3.63, 3.8) is 0 Å². The number of benzene rings is 8. The normalized spacial score (nSPS) is 12.3. The van der Waals surface area contributed by atoms with Crippen LogP contribution >= 0.6 is 0 Å². The van der Waals surface area contributed by atoms with Gasteiger partial charge in [-0.25, -0.2) is 0 Å². The van der Waals surface area contributed by atoms with E-state index >= 15 is 0 Å². The molecule has 304 valence electrons. The lowest BCUT2D eigenvalue weighted by Crippen LogP contribution is -2.55. The van der Waals surface area contributed by atoms with Gasteiger partial charge in [0.25, 0.3) is 0 Å². The Morgan fingerprint density at radius 1 is 0.309 bits per heavy atom. The van der Waals surface area contributed by atoms with Gasteiger partial charge in [-0.1, -0.05) is 179 Å². The molecule has 1 nitrogen and oxygen atoms in total. The molecule has 0 fully saturated rings. The Kier molecular flexibility index (Phi) is 12.0. The summed E-state index contributed by atoms with van der Waals surface area (Å²) in [6.07, 6.45) is 0. The topological polar surface area (TPSA) is 4.93 Å². The first-order chi connectivity index (χ1) is 32.2. The molecule has 11 heteroatoms. The molecule has 0 atom stereocenters. The average Bonchev–Trinajstić information content (AvgIpc) is 3.67. The monoisotopic (exact) mass is 849 g/mol. The summed E-state index contributed by atoms with van der Waals surface area (Å²) in [6, 6.07) is 49.3. The molecule has 0 unspecified atom stereocenters. The summed E-state index contributed by atoms with van der Waals surface area (Å²) < 4.78 is 2.40. The molecule has 1 aromatic heterocycles. The van der Waals surface area contributed by atoms with Gasteiger partial charge in [-0.05, 0) is 79.9 Å². The molecular weight excluding hydrogens is 807 g/mol. The van der Waals surface area contributed by atoms with Gasteiger partial charge in [0.1, 0.15) is 78.5 Å². The van der Waals surface area contributed by atoms with E-state index in [1.54, 1.807) is 0 Å². The lowest BCUT2D eigenvalue weighted by molar-refractivity contribution is 0.591. The zero-order chi connectivity index (χ0) is 48.8. The lowest BCUT2D eigenvalue weighted by atomic mass is 9.59. The summed E-state index contributed by atoms with van der Waals surface area (Å²) in [4.78, 5) is 0. The zero-order valence-electron chi connectivity index (χ0n) is 39.5. The third kappa shape index (κ3) is 7.46. The Morgan fingerprint density at radius 3 is 0.926 bits per heavy atom. The number of fused-ring (bicyclic) bond motifs is 3. The molecule has 0 bridgehead atoms. The van der Waals surface area contributed by atoms with Crippen LogP contribution in [0.2, 0.25) is 0 Å². The number of hydrogen-bond donors (Lipinski definition) is 0. The standard InChI is InChI=1S/C57H41B10N/c1-55(2,32-16-10-7-11-17-32)35-28-38(56(3,4)33-18-12-8-13-19-33)54(39(29-35)57(5,6)34-20-14-9-15-21-34)68-40-24-22-30(42-44(58)48(62)52(66)49(63)45(42)59)26-36(40)37-27-31(23-25-41(37)68)43-46(60)50(64)53(67)51(65)47(43)61/h7-29H,1-6H3. The molecule has 9 rings (SSSR count). The van der Waals surface area contributed by atoms with Crippen molar-refractivity contribution in [2.75, 3.05) is 0 Å². The summed E-state index contributed by atoms with van der Waals surface area (Å²) in [5, 5.41) is 1.75. The molecule has 8 aromatic carbocycles. The highest BCUT2D eigenvalue weighted by molar-refractivity contribution is 6.70. The second-order valence-electron chi connectivity index (χ2n) is 19.6. The van der Waals surface area contributed by atoms with Gasteiger partial charge in [0.05, 0.1) is 16.7 Å². The van der Waals surface area contributed by atoms with E-state index in [2.05, 4.69) is 174 Å². The van der Waals surface area contributed by atoms with E-state index in [-0.39, 0.29) is 54.6 Å². The minimum atomic E-state index is -0.534. The molecule has 20 radical (unpaired) electrons. The minimum absolute atomic E-state index is 0.143. The van der Waals surface area contributed by atoms with Crippen molar-refractivity contribution >= 4 is 155 Å². The predicted molar refractivity (Wildman–Crippen MR) is 301 cm³/mol. The lowest BCUT2D eigenvalue weighted by Gasteiger charge is -2.38. The third-order valence-corrected chi connectivity index (χ3v) is 14.6. The third-order valence-electron chi connectivity index (χ3n) is 14.6. The Hall–Kier alpha value is -5.79. The van der Waals surface area contributed by atoms with Crippen LogP contribution in [-0.4, -0.2) is 83.0 Å². The van der Waals surface area contributed by atoms with Gasteiger partial charge in [-0.2, -0.15) is 0 Å². The highest BCUT2D eigenvalue weighted by Gasteiger charge is 2.38. The predicted octanol–water partition coefficient (Wildman–Crippen LogP) is 3.03. The van der Waals surface area contributed by atoms with Gasteiger partial charge in [0.15, 0.2) is 0 Å². The smallest absolute Gasteiger partial charge is 0.113 e. The maximum absolute atomic E-state index is 6.74. The van der Waals surface area contributed by atoms with Crippen molar-refractivity contribution in [3.8, 4) is 27.9 Å². The van der Waals surface area contributed by atoms with Crippen LogP contribution in [0.4, 0.5) is 0 Å². The maximum atomic E-state index is 6.74. The molecule has 0 aliphatic carbocycles. The molecule has 0 saturated heterocycles. The second kappa shape index (κ2) is 17.3. The maximum Gasteiger partial charge on any atom is 0.113 e. The van der Waals surface area contributed by atoms with Crippen LogP contribution in [0.15, 0.2) is 140 Å². The van der Waals surface area contributed by atoms with Crippen molar-refractivity contribution in [2.45, 2.75) is 57.8 Å². The highest BCUT2D eigenvalue weighted by Crippen LogP contribution is 2.48. The molecule has 0 amide bonds. The van der Waals surface area contributed by atoms with Crippen LogP contribution in [0, 0.1) is 0 Å². The van der Waals surface area contributed by atoms with Gasteiger partial charge < -0.3 is 4.57 Å². The minimum Gasteiger partial charge on any atom is -0.309 e. The van der Waals surface area contributed by atoms with Crippen LogP contribution in [0.1, 0.15) is 74.9 Å². The van der Waals surface area contributed by atoms with Gasteiger partial charge in [-0.3, -0.25) is 0 Å². The first-order valence-electron chi connectivity index (χ1n) is 22.7. The van der Waals surface area contributed by atoms with E-state index in [1.165, 1.54) is 22.3 Å². The van der Waals surface area contributed by atoms with Crippen molar-refractivity contribution in [2.24, 2.45) is 0 Å². The SMILES string of the molecule is [B]c1c([B])c([B])c(-c2ccc3c(c2)c2cc(-c4c([B])c([B])c([B])c([B])c4[B])ccc2n3-c2c(C(C)(C)c3ccccc3)cc(C(C)(C)c3ccccc3)cc2C(C)(C)c2ccccc2)c([B])c1[B]. The van der Waals surface area contributed by atoms with Crippen LogP contribution in [0.5, 0.6) is 0 Å². The van der Waals surface area contributed by atoms with Crippen molar-refractivity contribution in [1.82, 2.24) is 4.57 Å². The molecule has 9 aromatic rings. The van der Waals surface area contributed by atoms with Gasteiger partial charge in [0, 0.05) is 27.0 Å². The summed E-state index contributed by atoms with van der Waals surface area (Å²) >= 11 is 0. The fourth-order valence-electron chi connectivity index (χ4n) is 10.1.